The maximum absolute atomic E-state index is 12.0. The van der Waals surface area contributed by atoms with E-state index in [9.17, 15) is 9.90 Å². The largest absolute Gasteiger partial charge is 0.508 e. The number of phenolic OH excluding ortho intramolecular Hbond substituents is 1. The molecule has 0 spiro atoms. The lowest BCUT2D eigenvalue weighted by atomic mass is 10.3. The molecular formula is C14H15N3O2. The molecule has 0 saturated carbocycles. The molecule has 5 heteroatoms. The summed E-state index contributed by atoms with van der Waals surface area (Å²) in [6, 6.07) is 13.1. The average Bonchev–Trinajstić information content (AvgIpc) is 2.40. The zero-order chi connectivity index (χ0) is 13.8. The van der Waals surface area contributed by atoms with E-state index in [1.54, 1.807) is 49.5 Å². The van der Waals surface area contributed by atoms with Crippen LogP contribution in [0.15, 0.2) is 48.5 Å². The maximum Gasteiger partial charge on any atom is 0.326 e. The number of hydrogen-bond acceptors (Lipinski definition) is 3. The minimum absolute atomic E-state index is 0.115. The van der Waals surface area contributed by atoms with Gasteiger partial charge in [0, 0.05) is 30.2 Å². The summed E-state index contributed by atoms with van der Waals surface area (Å²) in [5.74, 6) is 0.115. The number of nitrogens with one attached hydrogen (secondary N) is 1. The molecule has 5 nitrogen and oxygen atoms in total. The summed E-state index contributed by atoms with van der Waals surface area (Å²) < 4.78 is 0. The lowest BCUT2D eigenvalue weighted by Gasteiger charge is -2.18. The second-order valence-electron chi connectivity index (χ2n) is 4.13. The highest BCUT2D eigenvalue weighted by atomic mass is 16.3. The predicted octanol–water partition coefficient (Wildman–Crippen LogP) is 2.64. The van der Waals surface area contributed by atoms with Crippen molar-refractivity contribution in [2.24, 2.45) is 0 Å². The fourth-order valence-corrected chi connectivity index (χ4v) is 1.59. The van der Waals surface area contributed by atoms with Gasteiger partial charge in [0.1, 0.15) is 5.75 Å². The van der Waals surface area contributed by atoms with E-state index < -0.39 is 0 Å². The number of carbonyl (C=O) groups excluding carboxylic acids is 1. The Hall–Kier alpha value is -2.69. The molecule has 0 aliphatic heterocycles. The number of amides is 2. The van der Waals surface area contributed by atoms with Crippen molar-refractivity contribution in [2.75, 3.05) is 23.0 Å². The number of nitrogens with two attached hydrogens (primary N) is 1. The Morgan fingerprint density at radius 1 is 1.21 bits per heavy atom. The van der Waals surface area contributed by atoms with Crippen molar-refractivity contribution in [3.63, 3.8) is 0 Å². The SMILES string of the molecule is CN(C(=O)Nc1ccc(N)cc1)c1cccc(O)c1. The third-order valence-corrected chi connectivity index (χ3v) is 2.68. The Labute approximate surface area is 111 Å². The Bertz CT molecular complexity index is 581. The number of nitrogens with zero attached hydrogens (tertiary/aromatic N) is 1. The lowest BCUT2D eigenvalue weighted by molar-refractivity contribution is 0.258. The Balaban J connectivity index is 2.09. The zero-order valence-electron chi connectivity index (χ0n) is 10.5. The van der Waals surface area contributed by atoms with Crippen LogP contribution in [0.2, 0.25) is 0 Å². The quantitative estimate of drug-likeness (QED) is 0.724. The molecule has 2 aromatic carbocycles. The van der Waals surface area contributed by atoms with Crippen LogP contribution in [0.25, 0.3) is 0 Å². The standard InChI is InChI=1S/C14H15N3O2/c1-17(12-3-2-4-13(18)9-12)14(19)16-11-7-5-10(15)6-8-11/h2-9,18H,15H2,1H3,(H,16,19). The molecule has 98 valence electrons. The number of anilines is 3. The summed E-state index contributed by atoms with van der Waals surface area (Å²) in [6.07, 6.45) is 0. The van der Waals surface area contributed by atoms with Gasteiger partial charge in [0.25, 0.3) is 0 Å². The minimum atomic E-state index is -0.296. The van der Waals surface area contributed by atoms with E-state index in [4.69, 9.17) is 5.73 Å². The number of hydrogen-bond donors (Lipinski definition) is 3. The molecule has 4 N–H and O–H groups in total. The van der Waals surface area contributed by atoms with Gasteiger partial charge in [0.15, 0.2) is 0 Å². The van der Waals surface area contributed by atoms with Gasteiger partial charge in [-0.1, -0.05) is 6.07 Å². The van der Waals surface area contributed by atoms with Gasteiger partial charge < -0.3 is 16.2 Å². The van der Waals surface area contributed by atoms with Crippen LogP contribution in [-0.2, 0) is 0 Å². The van der Waals surface area contributed by atoms with Crippen LogP contribution in [0.5, 0.6) is 5.75 Å². The van der Waals surface area contributed by atoms with E-state index in [1.165, 1.54) is 11.0 Å². The molecule has 0 radical (unpaired) electrons. The van der Waals surface area contributed by atoms with E-state index in [2.05, 4.69) is 5.32 Å². The first-order valence-corrected chi connectivity index (χ1v) is 5.75. The molecule has 0 aliphatic rings. The molecule has 0 saturated heterocycles. The van der Waals surface area contributed by atoms with Crippen molar-refractivity contribution in [3.05, 3.63) is 48.5 Å². The molecule has 0 atom stereocenters. The maximum atomic E-state index is 12.0. The van der Waals surface area contributed by atoms with E-state index in [0.29, 0.717) is 17.1 Å². The van der Waals surface area contributed by atoms with Gasteiger partial charge in [-0.3, -0.25) is 4.90 Å². The number of carbonyl (C=O) groups is 1. The smallest absolute Gasteiger partial charge is 0.326 e. The molecule has 0 fully saturated rings. The number of nitrogen functional groups attached to an aromatic ring is 1. The normalized spacial score (nSPS) is 9.95. The highest BCUT2D eigenvalue weighted by Gasteiger charge is 2.11. The second kappa shape index (κ2) is 5.30. The van der Waals surface area contributed by atoms with Gasteiger partial charge in [0.05, 0.1) is 0 Å². The molecule has 0 aliphatic carbocycles. The van der Waals surface area contributed by atoms with Crippen LogP contribution in [0, 0.1) is 0 Å². The van der Waals surface area contributed by atoms with Crippen molar-refractivity contribution in [1.29, 1.82) is 0 Å². The first-order valence-electron chi connectivity index (χ1n) is 5.75. The molecule has 0 heterocycles. The first kappa shape index (κ1) is 12.8. The van der Waals surface area contributed by atoms with Crippen LogP contribution in [0.4, 0.5) is 21.9 Å². The van der Waals surface area contributed by atoms with Crippen LogP contribution < -0.4 is 16.0 Å². The van der Waals surface area contributed by atoms with Gasteiger partial charge in [0.2, 0.25) is 0 Å². The summed E-state index contributed by atoms with van der Waals surface area (Å²) >= 11 is 0. The van der Waals surface area contributed by atoms with Gasteiger partial charge in [-0.05, 0) is 36.4 Å². The van der Waals surface area contributed by atoms with Crippen molar-refractivity contribution >= 4 is 23.1 Å². The lowest BCUT2D eigenvalue weighted by Crippen LogP contribution is -2.31. The van der Waals surface area contributed by atoms with Crippen LogP contribution in [0.3, 0.4) is 0 Å². The van der Waals surface area contributed by atoms with Crippen molar-refractivity contribution in [3.8, 4) is 5.75 Å². The summed E-state index contributed by atoms with van der Waals surface area (Å²) in [5.41, 5.74) is 7.48. The van der Waals surface area contributed by atoms with Crippen molar-refractivity contribution in [1.82, 2.24) is 0 Å². The fraction of sp³-hybridized carbons (Fsp3) is 0.0714. The summed E-state index contributed by atoms with van der Waals surface area (Å²) in [4.78, 5) is 13.4. The number of phenols is 1. The van der Waals surface area contributed by atoms with Crippen molar-refractivity contribution < 1.29 is 9.90 Å². The number of urea groups is 1. The molecule has 0 aromatic heterocycles. The van der Waals surface area contributed by atoms with E-state index in [1.807, 2.05) is 0 Å². The predicted molar refractivity (Wildman–Crippen MR) is 76.4 cm³/mol. The Morgan fingerprint density at radius 2 is 1.89 bits per heavy atom. The minimum Gasteiger partial charge on any atom is -0.508 e. The molecule has 19 heavy (non-hydrogen) atoms. The van der Waals surface area contributed by atoms with E-state index >= 15 is 0 Å². The van der Waals surface area contributed by atoms with E-state index in [0.717, 1.165) is 0 Å². The average molecular weight is 257 g/mol. The van der Waals surface area contributed by atoms with Gasteiger partial charge in [-0.15, -0.1) is 0 Å². The first-order chi connectivity index (χ1) is 9.06. The van der Waals surface area contributed by atoms with Gasteiger partial charge >= 0.3 is 6.03 Å². The summed E-state index contributed by atoms with van der Waals surface area (Å²) in [5, 5.41) is 12.1. The second-order valence-corrected chi connectivity index (χ2v) is 4.13. The summed E-state index contributed by atoms with van der Waals surface area (Å²) in [6.45, 7) is 0. The topological polar surface area (TPSA) is 78.6 Å². The molecule has 0 bridgehead atoms. The van der Waals surface area contributed by atoms with Gasteiger partial charge in [-0.25, -0.2) is 4.79 Å². The molecular weight excluding hydrogens is 242 g/mol. The van der Waals surface area contributed by atoms with Crippen LogP contribution >= 0.6 is 0 Å². The highest BCUT2D eigenvalue weighted by Crippen LogP contribution is 2.20. The number of aromatic hydroxyl groups is 1. The monoisotopic (exact) mass is 257 g/mol. The van der Waals surface area contributed by atoms with E-state index in [-0.39, 0.29) is 11.8 Å². The molecule has 2 amide bonds. The van der Waals surface area contributed by atoms with Crippen LogP contribution in [-0.4, -0.2) is 18.2 Å². The van der Waals surface area contributed by atoms with Gasteiger partial charge in [-0.2, -0.15) is 0 Å². The molecule has 2 aromatic rings. The fourth-order valence-electron chi connectivity index (χ4n) is 1.59. The van der Waals surface area contributed by atoms with Crippen LogP contribution in [0.1, 0.15) is 0 Å². The highest BCUT2D eigenvalue weighted by molar-refractivity contribution is 6.01. The Kier molecular flexibility index (Phi) is 3.56. The third-order valence-electron chi connectivity index (χ3n) is 2.68. The third kappa shape index (κ3) is 3.16. The Morgan fingerprint density at radius 3 is 2.53 bits per heavy atom. The molecule has 0 unspecified atom stereocenters. The van der Waals surface area contributed by atoms with Crippen molar-refractivity contribution in [2.45, 2.75) is 0 Å². The summed E-state index contributed by atoms with van der Waals surface area (Å²) in [7, 11) is 1.63. The molecule has 2 rings (SSSR count). The number of rotatable bonds is 2. The number of benzene rings is 2. The zero-order valence-corrected chi connectivity index (χ0v) is 10.5.